The second kappa shape index (κ2) is 5.76. The van der Waals surface area contributed by atoms with Crippen molar-refractivity contribution in [1.29, 1.82) is 0 Å². The molecule has 1 N–H and O–H groups in total. The van der Waals surface area contributed by atoms with Crippen molar-refractivity contribution in [2.75, 3.05) is 6.61 Å². The van der Waals surface area contributed by atoms with Crippen LogP contribution in [0.3, 0.4) is 0 Å². The first-order valence-electron chi connectivity index (χ1n) is 4.75. The highest BCUT2D eigenvalue weighted by Crippen LogP contribution is 2.23. The van der Waals surface area contributed by atoms with E-state index in [0.717, 1.165) is 6.20 Å². The summed E-state index contributed by atoms with van der Waals surface area (Å²) in [6, 6.07) is 2.46. The highest BCUT2D eigenvalue weighted by molar-refractivity contribution is 5.87. The van der Waals surface area contributed by atoms with Crippen LogP contribution in [0, 0.1) is 0 Å². The van der Waals surface area contributed by atoms with Crippen LogP contribution < -0.4 is 0 Å². The molecule has 1 heterocycles. The molecule has 18 heavy (non-hydrogen) atoms. The lowest BCUT2D eigenvalue weighted by Gasteiger charge is -2.14. The molecule has 1 rings (SSSR count). The van der Waals surface area contributed by atoms with Crippen molar-refractivity contribution in [3.05, 3.63) is 29.6 Å². The van der Waals surface area contributed by atoms with Gasteiger partial charge in [-0.05, 0) is 12.1 Å². The van der Waals surface area contributed by atoms with Gasteiger partial charge >= 0.3 is 18.3 Å². The van der Waals surface area contributed by atoms with Crippen LogP contribution >= 0.6 is 0 Å². The zero-order chi connectivity index (χ0) is 13.8. The zero-order valence-electron chi connectivity index (χ0n) is 8.95. The molecule has 0 aliphatic rings. The van der Waals surface area contributed by atoms with E-state index in [1.54, 1.807) is 0 Å². The third kappa shape index (κ3) is 3.95. The van der Waals surface area contributed by atoms with Crippen molar-refractivity contribution in [2.24, 2.45) is 0 Å². The number of ether oxygens (including phenoxy) is 1. The molecule has 0 saturated heterocycles. The Balaban J connectivity index is 2.47. The van der Waals surface area contributed by atoms with Gasteiger partial charge < -0.3 is 9.84 Å². The first-order chi connectivity index (χ1) is 8.33. The normalized spacial score (nSPS) is 11.8. The second-order valence-electron chi connectivity index (χ2n) is 3.40. The van der Waals surface area contributed by atoms with Crippen molar-refractivity contribution in [3.8, 4) is 0 Å². The quantitative estimate of drug-likeness (QED) is 0.803. The van der Waals surface area contributed by atoms with E-state index in [1.807, 2.05) is 0 Å². The second-order valence-corrected chi connectivity index (χ2v) is 3.40. The number of halogens is 4. The van der Waals surface area contributed by atoms with E-state index in [0.29, 0.717) is 0 Å². The summed E-state index contributed by atoms with van der Waals surface area (Å²) < 4.78 is 52.8. The molecule has 1 aromatic rings. The number of hydrogen-bond donors (Lipinski definition) is 1. The van der Waals surface area contributed by atoms with Crippen molar-refractivity contribution < 1.29 is 32.2 Å². The average molecular weight is 267 g/mol. The number of carboxylic acids is 1. The summed E-state index contributed by atoms with van der Waals surface area (Å²) >= 11 is 0. The number of carbonyl (C=O) groups is 1. The monoisotopic (exact) mass is 267 g/mol. The minimum atomic E-state index is -4.21. The van der Waals surface area contributed by atoms with E-state index in [2.05, 4.69) is 9.72 Å². The van der Waals surface area contributed by atoms with Gasteiger partial charge in [0.15, 0.2) is 0 Å². The predicted molar refractivity (Wildman–Crippen MR) is 51.8 cm³/mol. The maximum absolute atomic E-state index is 12.4. The van der Waals surface area contributed by atoms with Crippen molar-refractivity contribution in [1.82, 2.24) is 4.98 Å². The number of carboxylic acid groups (broad SMARTS) is 1. The van der Waals surface area contributed by atoms with E-state index in [1.165, 1.54) is 12.1 Å². The molecule has 0 saturated carbocycles. The van der Waals surface area contributed by atoms with E-state index in [-0.39, 0.29) is 11.3 Å². The van der Waals surface area contributed by atoms with E-state index >= 15 is 0 Å². The smallest absolute Gasteiger partial charge is 0.337 e. The molecule has 0 amide bonds. The standard InChI is InChI=1S/C10H9F4NO3/c11-9(12)10(13,14)5-18-4-7-2-1-6(3-15-7)8(16)17/h1-3,9H,4-5H2,(H,16,17). The summed E-state index contributed by atoms with van der Waals surface area (Å²) in [5.74, 6) is -5.39. The van der Waals surface area contributed by atoms with E-state index < -0.39 is 31.5 Å². The van der Waals surface area contributed by atoms with Gasteiger partial charge in [0.2, 0.25) is 0 Å². The highest BCUT2D eigenvalue weighted by Gasteiger charge is 2.40. The van der Waals surface area contributed by atoms with E-state index in [9.17, 15) is 22.4 Å². The summed E-state index contributed by atoms with van der Waals surface area (Å²) in [6.45, 7) is -1.82. The number of alkyl halides is 4. The molecular formula is C10H9F4NO3. The van der Waals surface area contributed by atoms with Crippen LogP contribution in [0.25, 0.3) is 0 Å². The molecule has 0 radical (unpaired) electrons. The fourth-order valence-electron chi connectivity index (χ4n) is 0.991. The first-order valence-corrected chi connectivity index (χ1v) is 4.75. The molecule has 8 heteroatoms. The van der Waals surface area contributed by atoms with E-state index in [4.69, 9.17) is 5.11 Å². The number of aromatic carboxylic acids is 1. The molecule has 100 valence electrons. The zero-order valence-corrected chi connectivity index (χ0v) is 8.95. The van der Waals surface area contributed by atoms with Crippen LogP contribution in [0.1, 0.15) is 16.1 Å². The van der Waals surface area contributed by atoms with Gasteiger partial charge in [0.05, 0.1) is 17.9 Å². The Kier molecular flexibility index (Phi) is 4.60. The predicted octanol–water partition coefficient (Wildman–Crippen LogP) is 2.20. The first kappa shape index (κ1) is 14.4. The van der Waals surface area contributed by atoms with Gasteiger partial charge in [-0.1, -0.05) is 0 Å². The number of hydrogen-bond acceptors (Lipinski definition) is 3. The Labute approximate surface area is 99.2 Å². The molecule has 1 aromatic heterocycles. The molecule has 0 unspecified atom stereocenters. The van der Waals surface area contributed by atoms with Gasteiger partial charge in [-0.15, -0.1) is 0 Å². The maximum Gasteiger partial charge on any atom is 0.337 e. The third-order valence-corrected chi connectivity index (χ3v) is 1.94. The van der Waals surface area contributed by atoms with Crippen LogP contribution in [0.2, 0.25) is 0 Å². The topological polar surface area (TPSA) is 59.4 Å². The van der Waals surface area contributed by atoms with Crippen LogP contribution in [-0.4, -0.2) is 35.0 Å². The molecule has 0 atom stereocenters. The summed E-state index contributed by atoms with van der Waals surface area (Å²) in [6.07, 6.45) is -2.77. The van der Waals surface area contributed by atoms with Crippen molar-refractivity contribution in [2.45, 2.75) is 19.0 Å². The molecular weight excluding hydrogens is 258 g/mol. The molecule has 0 spiro atoms. The van der Waals surface area contributed by atoms with Gasteiger partial charge in [0, 0.05) is 6.20 Å². The van der Waals surface area contributed by atoms with Crippen LogP contribution in [0.15, 0.2) is 18.3 Å². The Morgan fingerprint density at radius 2 is 2.11 bits per heavy atom. The molecule has 0 aromatic carbocycles. The Morgan fingerprint density at radius 1 is 1.44 bits per heavy atom. The summed E-state index contributed by atoms with van der Waals surface area (Å²) in [5, 5.41) is 8.57. The van der Waals surface area contributed by atoms with Gasteiger partial charge in [-0.3, -0.25) is 4.98 Å². The van der Waals surface area contributed by atoms with Crippen molar-refractivity contribution in [3.63, 3.8) is 0 Å². The molecule has 0 bridgehead atoms. The lowest BCUT2D eigenvalue weighted by molar-refractivity contribution is -0.168. The Bertz CT molecular complexity index is 408. The SMILES string of the molecule is O=C(O)c1ccc(COCC(F)(F)C(F)F)nc1. The van der Waals surface area contributed by atoms with Crippen LogP contribution in [0.5, 0.6) is 0 Å². The summed E-state index contributed by atoms with van der Waals surface area (Å²) in [7, 11) is 0. The van der Waals surface area contributed by atoms with Gasteiger partial charge in [0.25, 0.3) is 0 Å². The molecule has 0 fully saturated rings. The maximum atomic E-state index is 12.4. The fourth-order valence-corrected chi connectivity index (χ4v) is 0.991. The van der Waals surface area contributed by atoms with Gasteiger partial charge in [-0.2, -0.15) is 8.78 Å². The Hall–Kier alpha value is -1.70. The number of aromatic nitrogens is 1. The fraction of sp³-hybridized carbons (Fsp3) is 0.400. The van der Waals surface area contributed by atoms with Crippen LogP contribution in [-0.2, 0) is 11.3 Å². The van der Waals surface area contributed by atoms with Gasteiger partial charge in [-0.25, -0.2) is 13.6 Å². The minimum Gasteiger partial charge on any atom is -0.478 e. The Morgan fingerprint density at radius 3 is 2.56 bits per heavy atom. The highest BCUT2D eigenvalue weighted by atomic mass is 19.3. The molecule has 0 aliphatic heterocycles. The summed E-state index contributed by atoms with van der Waals surface area (Å²) in [4.78, 5) is 14.1. The average Bonchev–Trinajstić information content (AvgIpc) is 2.29. The minimum absolute atomic E-state index is 0.0725. The molecule has 4 nitrogen and oxygen atoms in total. The van der Waals surface area contributed by atoms with Crippen molar-refractivity contribution >= 4 is 5.97 Å². The van der Waals surface area contributed by atoms with Crippen LogP contribution in [0.4, 0.5) is 17.6 Å². The lowest BCUT2D eigenvalue weighted by Crippen LogP contribution is -2.32. The largest absolute Gasteiger partial charge is 0.478 e. The number of rotatable bonds is 6. The molecule has 0 aliphatic carbocycles. The summed E-state index contributed by atoms with van der Waals surface area (Å²) in [5.41, 5.74) is 0.0988. The number of pyridine rings is 1. The lowest BCUT2D eigenvalue weighted by atomic mass is 10.2. The number of nitrogens with zero attached hydrogens (tertiary/aromatic N) is 1. The third-order valence-electron chi connectivity index (χ3n) is 1.94. The van der Waals surface area contributed by atoms with Gasteiger partial charge in [0.1, 0.15) is 6.61 Å².